The van der Waals surface area contributed by atoms with E-state index < -0.39 is 0 Å². The summed E-state index contributed by atoms with van der Waals surface area (Å²) in [5.41, 5.74) is 2.34. The Morgan fingerprint density at radius 3 is 3.00 bits per heavy atom. The van der Waals surface area contributed by atoms with Crippen LogP contribution in [0.1, 0.15) is 25.3 Å². The molecular formula is C13H18ClNS. The molecule has 16 heavy (non-hydrogen) atoms. The van der Waals surface area contributed by atoms with E-state index in [-0.39, 0.29) is 0 Å². The first-order valence-corrected chi connectivity index (χ1v) is 7.24. The highest BCUT2D eigenvalue weighted by Gasteiger charge is 2.21. The van der Waals surface area contributed by atoms with E-state index in [0.717, 1.165) is 10.7 Å². The van der Waals surface area contributed by atoms with Gasteiger partial charge in [-0.2, -0.15) is 11.8 Å². The van der Waals surface area contributed by atoms with Gasteiger partial charge in [0.15, 0.2) is 0 Å². The van der Waals surface area contributed by atoms with Crippen molar-refractivity contribution in [2.45, 2.75) is 38.0 Å². The molecule has 1 aromatic carbocycles. The molecule has 1 N–H and O–H groups in total. The molecule has 3 heteroatoms. The molecule has 1 aromatic rings. The number of hydrogen-bond donors (Lipinski definition) is 1. The highest BCUT2D eigenvalue weighted by molar-refractivity contribution is 8.00. The van der Waals surface area contributed by atoms with Crippen LogP contribution in [0.3, 0.4) is 0 Å². The Bertz CT molecular complexity index is 367. The Kier molecular flexibility index (Phi) is 4.04. The van der Waals surface area contributed by atoms with E-state index in [1.807, 2.05) is 23.9 Å². The molecule has 1 fully saturated rings. The minimum absolute atomic E-state index is 0.554. The van der Waals surface area contributed by atoms with Crippen molar-refractivity contribution in [2.75, 3.05) is 11.1 Å². The summed E-state index contributed by atoms with van der Waals surface area (Å²) in [4.78, 5) is 0. The second-order valence-corrected chi connectivity index (χ2v) is 6.34. The van der Waals surface area contributed by atoms with Crippen LogP contribution < -0.4 is 5.32 Å². The van der Waals surface area contributed by atoms with Crippen LogP contribution in [0.5, 0.6) is 0 Å². The van der Waals surface area contributed by atoms with Crippen LogP contribution >= 0.6 is 23.4 Å². The number of halogens is 1. The Hall–Kier alpha value is -0.340. The summed E-state index contributed by atoms with van der Waals surface area (Å²) in [5, 5.41) is 5.09. The lowest BCUT2D eigenvalue weighted by atomic mass is 10.1. The quantitative estimate of drug-likeness (QED) is 0.844. The van der Waals surface area contributed by atoms with Crippen molar-refractivity contribution >= 4 is 29.1 Å². The molecule has 1 saturated heterocycles. The lowest BCUT2D eigenvalue weighted by molar-refractivity contribution is 0.617. The molecule has 88 valence electrons. The van der Waals surface area contributed by atoms with Gasteiger partial charge in [-0.1, -0.05) is 24.6 Å². The smallest absolute Gasteiger partial charge is 0.0637 e. The largest absolute Gasteiger partial charge is 0.380 e. The third-order valence-corrected chi connectivity index (χ3v) is 4.78. The van der Waals surface area contributed by atoms with Gasteiger partial charge in [0.1, 0.15) is 0 Å². The van der Waals surface area contributed by atoms with Crippen LogP contribution in [-0.4, -0.2) is 17.0 Å². The summed E-state index contributed by atoms with van der Waals surface area (Å²) in [6.45, 7) is 4.39. The fourth-order valence-corrected chi connectivity index (χ4v) is 3.38. The zero-order valence-corrected chi connectivity index (χ0v) is 11.4. The number of rotatable bonds is 2. The Balaban J connectivity index is 2.10. The molecule has 2 rings (SSSR count). The van der Waals surface area contributed by atoms with Gasteiger partial charge < -0.3 is 5.32 Å². The van der Waals surface area contributed by atoms with Crippen LogP contribution in [0, 0.1) is 6.92 Å². The number of anilines is 1. The molecule has 0 aliphatic carbocycles. The average Bonchev–Trinajstić information content (AvgIpc) is 2.27. The standard InChI is InChI=1S/C13H18ClNS/c1-9-5-6-11(14)13(8-9)15-12-4-3-7-16-10(12)2/h5-6,8,10,12,15H,3-4,7H2,1-2H3. The van der Waals surface area contributed by atoms with Gasteiger partial charge in [0.2, 0.25) is 0 Å². The molecule has 0 aromatic heterocycles. The fraction of sp³-hybridized carbons (Fsp3) is 0.538. The predicted octanol–water partition coefficient (Wildman–Crippen LogP) is 4.34. The maximum absolute atomic E-state index is 6.19. The van der Waals surface area contributed by atoms with Crippen LogP contribution in [0.15, 0.2) is 18.2 Å². The van der Waals surface area contributed by atoms with Crippen molar-refractivity contribution in [2.24, 2.45) is 0 Å². The number of aryl methyl sites for hydroxylation is 1. The van der Waals surface area contributed by atoms with E-state index in [1.54, 1.807) is 0 Å². The third-order valence-electron chi connectivity index (χ3n) is 3.07. The van der Waals surface area contributed by atoms with Crippen molar-refractivity contribution < 1.29 is 0 Å². The summed E-state index contributed by atoms with van der Waals surface area (Å²) >= 11 is 8.24. The van der Waals surface area contributed by atoms with Crippen molar-refractivity contribution in [1.82, 2.24) is 0 Å². The van der Waals surface area contributed by atoms with E-state index in [4.69, 9.17) is 11.6 Å². The van der Waals surface area contributed by atoms with Crippen LogP contribution in [-0.2, 0) is 0 Å². The van der Waals surface area contributed by atoms with E-state index in [9.17, 15) is 0 Å². The normalized spacial score (nSPS) is 25.4. The maximum Gasteiger partial charge on any atom is 0.0637 e. The SMILES string of the molecule is Cc1ccc(Cl)c(NC2CCCSC2C)c1. The molecule has 0 amide bonds. The summed E-state index contributed by atoms with van der Waals surface area (Å²) in [5.74, 6) is 1.29. The fourth-order valence-electron chi connectivity index (χ4n) is 2.06. The first-order valence-electron chi connectivity index (χ1n) is 5.81. The van der Waals surface area contributed by atoms with Gasteiger partial charge in [0, 0.05) is 11.3 Å². The summed E-state index contributed by atoms with van der Waals surface area (Å²) in [6, 6.07) is 6.71. The van der Waals surface area contributed by atoms with E-state index in [2.05, 4.69) is 25.2 Å². The Morgan fingerprint density at radius 2 is 2.25 bits per heavy atom. The van der Waals surface area contributed by atoms with E-state index in [0.29, 0.717) is 11.3 Å². The highest BCUT2D eigenvalue weighted by atomic mass is 35.5. The Morgan fingerprint density at radius 1 is 1.44 bits per heavy atom. The van der Waals surface area contributed by atoms with Gasteiger partial charge in [-0.15, -0.1) is 0 Å². The van der Waals surface area contributed by atoms with Crippen molar-refractivity contribution in [3.05, 3.63) is 28.8 Å². The average molecular weight is 256 g/mol. The van der Waals surface area contributed by atoms with Crippen LogP contribution in [0.25, 0.3) is 0 Å². The highest BCUT2D eigenvalue weighted by Crippen LogP contribution is 2.30. The summed E-state index contributed by atoms with van der Waals surface area (Å²) in [6.07, 6.45) is 2.55. The van der Waals surface area contributed by atoms with Crippen LogP contribution in [0.2, 0.25) is 5.02 Å². The lowest BCUT2D eigenvalue weighted by Crippen LogP contribution is -2.32. The van der Waals surface area contributed by atoms with Gasteiger partial charge in [-0.3, -0.25) is 0 Å². The first-order chi connectivity index (χ1) is 7.66. The molecule has 0 spiro atoms. The molecule has 0 bridgehead atoms. The van der Waals surface area contributed by atoms with Crippen molar-refractivity contribution in [3.8, 4) is 0 Å². The van der Waals surface area contributed by atoms with E-state index in [1.165, 1.54) is 24.2 Å². The zero-order chi connectivity index (χ0) is 11.5. The van der Waals surface area contributed by atoms with Gasteiger partial charge in [-0.25, -0.2) is 0 Å². The third kappa shape index (κ3) is 2.86. The monoisotopic (exact) mass is 255 g/mol. The summed E-state index contributed by atoms with van der Waals surface area (Å²) < 4.78 is 0. The molecule has 1 heterocycles. The second-order valence-electron chi connectivity index (χ2n) is 4.45. The van der Waals surface area contributed by atoms with Gasteiger partial charge in [0.25, 0.3) is 0 Å². The number of nitrogens with one attached hydrogen (secondary N) is 1. The zero-order valence-electron chi connectivity index (χ0n) is 9.79. The number of benzene rings is 1. The van der Waals surface area contributed by atoms with E-state index >= 15 is 0 Å². The number of hydrogen-bond acceptors (Lipinski definition) is 2. The van der Waals surface area contributed by atoms with Crippen molar-refractivity contribution in [1.29, 1.82) is 0 Å². The molecule has 0 saturated carbocycles. The Labute approximate surface area is 107 Å². The first kappa shape index (κ1) is 12.1. The molecule has 1 aliphatic heterocycles. The second kappa shape index (κ2) is 5.33. The molecule has 1 aliphatic rings. The minimum atomic E-state index is 0.554. The summed E-state index contributed by atoms with van der Waals surface area (Å²) in [7, 11) is 0. The number of thioether (sulfide) groups is 1. The predicted molar refractivity (Wildman–Crippen MR) is 74.8 cm³/mol. The lowest BCUT2D eigenvalue weighted by Gasteiger charge is -2.30. The van der Waals surface area contributed by atoms with Gasteiger partial charge >= 0.3 is 0 Å². The molecule has 0 radical (unpaired) electrons. The minimum Gasteiger partial charge on any atom is -0.380 e. The molecule has 2 atom stereocenters. The molecule has 2 unspecified atom stereocenters. The van der Waals surface area contributed by atoms with Crippen LogP contribution in [0.4, 0.5) is 5.69 Å². The van der Waals surface area contributed by atoms with Crippen molar-refractivity contribution in [3.63, 3.8) is 0 Å². The topological polar surface area (TPSA) is 12.0 Å². The van der Waals surface area contributed by atoms with Gasteiger partial charge in [-0.05, 0) is 43.2 Å². The van der Waals surface area contributed by atoms with Gasteiger partial charge in [0.05, 0.1) is 10.7 Å². The molecule has 1 nitrogen and oxygen atoms in total. The maximum atomic E-state index is 6.19. The molecular weight excluding hydrogens is 238 g/mol.